The van der Waals surface area contributed by atoms with Crippen LogP contribution in [0.4, 0.5) is 4.39 Å². The van der Waals surface area contributed by atoms with Gasteiger partial charge in [0.2, 0.25) is 0 Å². The number of hydrogen-bond acceptors (Lipinski definition) is 3. The average Bonchev–Trinajstić information content (AvgIpc) is 2.45. The van der Waals surface area contributed by atoms with Gasteiger partial charge in [-0.05, 0) is 37.9 Å². The van der Waals surface area contributed by atoms with Crippen LogP contribution in [-0.2, 0) is 11.2 Å². The third kappa shape index (κ3) is 5.72. The third-order valence-corrected chi connectivity index (χ3v) is 3.03. The highest BCUT2D eigenvalue weighted by Crippen LogP contribution is 2.22. The summed E-state index contributed by atoms with van der Waals surface area (Å²) in [4.78, 5) is 0. The number of halogens is 1. The van der Waals surface area contributed by atoms with Crippen molar-refractivity contribution in [3.63, 3.8) is 0 Å². The molecule has 0 aliphatic heterocycles. The highest BCUT2D eigenvalue weighted by Gasteiger charge is 2.08. The molecule has 0 bridgehead atoms. The lowest BCUT2D eigenvalue weighted by Gasteiger charge is -2.08. The molecule has 0 aromatic heterocycles. The molecule has 4 heteroatoms. The number of rotatable bonds is 9. The van der Waals surface area contributed by atoms with E-state index in [2.05, 4.69) is 11.4 Å². The quantitative estimate of drug-likeness (QED) is 0.557. The van der Waals surface area contributed by atoms with Gasteiger partial charge >= 0.3 is 0 Å². The van der Waals surface area contributed by atoms with Crippen LogP contribution in [0.2, 0.25) is 0 Å². The number of methoxy groups -OCH3 is 2. The Labute approximate surface area is 120 Å². The minimum atomic E-state index is -0.263. The van der Waals surface area contributed by atoms with Crippen LogP contribution in [0.3, 0.4) is 0 Å². The van der Waals surface area contributed by atoms with Gasteiger partial charge in [0.05, 0.1) is 13.7 Å². The van der Waals surface area contributed by atoms with E-state index in [4.69, 9.17) is 9.47 Å². The van der Waals surface area contributed by atoms with Crippen LogP contribution in [0.1, 0.15) is 18.9 Å². The average molecular weight is 281 g/mol. The molecule has 0 radical (unpaired) electrons. The van der Waals surface area contributed by atoms with E-state index < -0.39 is 0 Å². The topological polar surface area (TPSA) is 30.5 Å². The van der Waals surface area contributed by atoms with Gasteiger partial charge in [0.15, 0.2) is 11.6 Å². The summed E-state index contributed by atoms with van der Waals surface area (Å²) in [5, 5.41) is 3.27. The van der Waals surface area contributed by atoms with Gasteiger partial charge in [-0.3, -0.25) is 0 Å². The van der Waals surface area contributed by atoms with E-state index in [0.29, 0.717) is 17.7 Å². The van der Waals surface area contributed by atoms with Gasteiger partial charge < -0.3 is 14.8 Å². The summed E-state index contributed by atoms with van der Waals surface area (Å²) < 4.78 is 23.9. The molecule has 0 aliphatic rings. The van der Waals surface area contributed by atoms with Gasteiger partial charge in [-0.2, -0.15) is 0 Å². The first kappa shape index (κ1) is 16.7. The molecule has 0 spiro atoms. The molecule has 0 saturated heterocycles. The lowest BCUT2D eigenvalue weighted by atomic mass is 10.0. The van der Waals surface area contributed by atoms with E-state index >= 15 is 0 Å². The molecule has 0 atom stereocenters. The smallest absolute Gasteiger partial charge is 0.168 e. The molecule has 20 heavy (non-hydrogen) atoms. The van der Waals surface area contributed by atoms with Crippen molar-refractivity contribution in [1.82, 2.24) is 5.32 Å². The third-order valence-electron chi connectivity index (χ3n) is 3.03. The zero-order chi connectivity index (χ0) is 14.8. The van der Waals surface area contributed by atoms with Gasteiger partial charge in [-0.1, -0.05) is 23.8 Å². The number of hydrogen-bond donors (Lipinski definition) is 1. The van der Waals surface area contributed by atoms with Gasteiger partial charge in [-0.15, -0.1) is 0 Å². The lowest BCUT2D eigenvalue weighted by molar-refractivity contribution is 0.199. The fourth-order valence-electron chi connectivity index (χ4n) is 1.94. The Morgan fingerprint density at radius 3 is 2.80 bits per heavy atom. The van der Waals surface area contributed by atoms with Crippen molar-refractivity contribution in [3.05, 3.63) is 41.2 Å². The Balaban J connectivity index is 2.43. The van der Waals surface area contributed by atoms with Crippen molar-refractivity contribution >= 4 is 0 Å². The molecule has 1 N–H and O–H groups in total. The summed E-state index contributed by atoms with van der Waals surface area (Å²) in [5.74, 6) is 0.0394. The maximum atomic E-state index is 14.0. The minimum Gasteiger partial charge on any atom is -0.494 e. The molecule has 1 aromatic carbocycles. The van der Waals surface area contributed by atoms with Gasteiger partial charge in [-0.25, -0.2) is 4.39 Å². The van der Waals surface area contributed by atoms with Crippen molar-refractivity contribution in [2.75, 3.05) is 33.9 Å². The Hall–Kier alpha value is -1.39. The molecule has 0 unspecified atom stereocenters. The molecule has 0 fully saturated rings. The summed E-state index contributed by atoms with van der Waals surface area (Å²) in [7, 11) is 3.17. The maximum Gasteiger partial charge on any atom is 0.168 e. The highest BCUT2D eigenvalue weighted by atomic mass is 19.1. The van der Waals surface area contributed by atoms with Crippen molar-refractivity contribution < 1.29 is 13.9 Å². The van der Waals surface area contributed by atoms with E-state index in [1.165, 1.54) is 7.11 Å². The predicted molar refractivity (Wildman–Crippen MR) is 79.8 cm³/mol. The second-order valence-corrected chi connectivity index (χ2v) is 4.69. The highest BCUT2D eigenvalue weighted by molar-refractivity contribution is 5.33. The van der Waals surface area contributed by atoms with Gasteiger partial charge in [0.25, 0.3) is 0 Å². The van der Waals surface area contributed by atoms with Crippen LogP contribution in [0, 0.1) is 5.82 Å². The standard InChI is InChI=1S/C16H24FNO2/c1-13(6-5-9-18-10-11-19-2)12-14-7-4-8-15(20-3)16(14)17/h4,6-8,18H,5,9-12H2,1-3H3/b13-6-. The summed E-state index contributed by atoms with van der Waals surface area (Å²) in [6.45, 7) is 4.50. The fourth-order valence-corrected chi connectivity index (χ4v) is 1.94. The summed E-state index contributed by atoms with van der Waals surface area (Å²) in [6.07, 6.45) is 3.68. The van der Waals surface area contributed by atoms with E-state index in [0.717, 1.165) is 31.7 Å². The Morgan fingerprint density at radius 2 is 2.10 bits per heavy atom. The molecule has 0 saturated carbocycles. The second kappa shape index (κ2) is 9.50. The molecular formula is C16H24FNO2. The van der Waals surface area contributed by atoms with E-state index in [-0.39, 0.29) is 5.82 Å². The molecule has 0 amide bonds. The zero-order valence-electron chi connectivity index (χ0n) is 12.5. The predicted octanol–water partition coefficient (Wildman–Crippen LogP) is 2.95. The number of ether oxygens (including phenoxy) is 2. The van der Waals surface area contributed by atoms with Crippen molar-refractivity contribution in [1.29, 1.82) is 0 Å². The fraction of sp³-hybridized carbons (Fsp3) is 0.500. The summed E-state index contributed by atoms with van der Waals surface area (Å²) in [5.41, 5.74) is 1.83. The van der Waals surface area contributed by atoms with E-state index in [9.17, 15) is 4.39 Å². The molecule has 0 aliphatic carbocycles. The molecule has 112 valence electrons. The monoisotopic (exact) mass is 281 g/mol. The van der Waals surface area contributed by atoms with Crippen LogP contribution in [0.15, 0.2) is 29.8 Å². The van der Waals surface area contributed by atoms with Gasteiger partial charge in [0, 0.05) is 13.7 Å². The first-order valence-corrected chi connectivity index (χ1v) is 6.85. The van der Waals surface area contributed by atoms with Crippen LogP contribution in [0.5, 0.6) is 5.75 Å². The minimum absolute atomic E-state index is 0.263. The Kier molecular flexibility index (Phi) is 7.92. The second-order valence-electron chi connectivity index (χ2n) is 4.69. The molecule has 0 heterocycles. The van der Waals surface area contributed by atoms with Crippen molar-refractivity contribution in [2.24, 2.45) is 0 Å². The van der Waals surface area contributed by atoms with Gasteiger partial charge in [0.1, 0.15) is 0 Å². The van der Waals surface area contributed by atoms with E-state index in [1.807, 2.05) is 13.0 Å². The van der Waals surface area contributed by atoms with E-state index in [1.54, 1.807) is 19.2 Å². The normalized spacial score (nSPS) is 11.7. The molecule has 3 nitrogen and oxygen atoms in total. The SMILES string of the molecule is COCCNCC/C=C(/C)Cc1cccc(OC)c1F. The summed E-state index contributed by atoms with van der Waals surface area (Å²) in [6, 6.07) is 5.25. The first-order chi connectivity index (χ1) is 9.69. The van der Waals surface area contributed by atoms with Crippen molar-refractivity contribution in [3.8, 4) is 5.75 Å². The Morgan fingerprint density at radius 1 is 1.30 bits per heavy atom. The van der Waals surface area contributed by atoms with Crippen LogP contribution < -0.4 is 10.1 Å². The molecule has 1 rings (SSSR count). The summed E-state index contributed by atoms with van der Waals surface area (Å²) >= 11 is 0. The van der Waals surface area contributed by atoms with Crippen molar-refractivity contribution in [2.45, 2.75) is 19.8 Å². The Bertz CT molecular complexity index is 432. The van der Waals surface area contributed by atoms with Crippen LogP contribution >= 0.6 is 0 Å². The number of benzene rings is 1. The maximum absolute atomic E-state index is 14.0. The lowest BCUT2D eigenvalue weighted by Crippen LogP contribution is -2.19. The molecule has 1 aromatic rings. The largest absolute Gasteiger partial charge is 0.494 e. The molecular weight excluding hydrogens is 257 g/mol. The van der Waals surface area contributed by atoms with Crippen LogP contribution in [0.25, 0.3) is 0 Å². The first-order valence-electron chi connectivity index (χ1n) is 6.85. The van der Waals surface area contributed by atoms with Crippen LogP contribution in [-0.4, -0.2) is 33.9 Å². The number of nitrogens with one attached hydrogen (secondary N) is 1. The number of allylic oxidation sites excluding steroid dienone is 1. The zero-order valence-corrected chi connectivity index (χ0v) is 12.5.